The Morgan fingerprint density at radius 3 is 2.09 bits per heavy atom. The van der Waals surface area contributed by atoms with Gasteiger partial charge in [-0.15, -0.1) is 0 Å². The molecule has 2 aromatic rings. The number of aryl methyl sites for hydroxylation is 1. The number of amides is 2. The summed E-state index contributed by atoms with van der Waals surface area (Å²) in [6.45, 7) is 3.47. The van der Waals surface area contributed by atoms with Gasteiger partial charge >= 0.3 is 11.9 Å². The number of benzene rings is 2. The Kier molecular flexibility index (Phi) is 6.44. The third-order valence-electron chi connectivity index (χ3n) is 5.90. The van der Waals surface area contributed by atoms with E-state index in [0.29, 0.717) is 32.4 Å². The Hall–Kier alpha value is -3.68. The van der Waals surface area contributed by atoms with Gasteiger partial charge in [-0.1, -0.05) is 18.2 Å². The SMILES string of the molecule is CC(=O)Oc1cc(OC(C)=O)cc(C(=O)N2CCC(N3C(=O)CCc4ccccc43)CC2)c1. The highest BCUT2D eigenvalue weighted by atomic mass is 16.5. The summed E-state index contributed by atoms with van der Waals surface area (Å²) in [7, 11) is 0. The number of para-hydroxylation sites is 1. The number of piperidine rings is 1. The van der Waals surface area contributed by atoms with Crippen molar-refractivity contribution < 1.29 is 28.7 Å². The molecule has 2 aromatic carbocycles. The molecule has 1 saturated heterocycles. The van der Waals surface area contributed by atoms with Gasteiger partial charge < -0.3 is 19.3 Å². The lowest BCUT2D eigenvalue weighted by molar-refractivity contribution is -0.132. The summed E-state index contributed by atoms with van der Waals surface area (Å²) in [6.07, 6.45) is 2.57. The Morgan fingerprint density at radius 2 is 1.48 bits per heavy atom. The van der Waals surface area contributed by atoms with Gasteiger partial charge in [-0.3, -0.25) is 19.2 Å². The van der Waals surface area contributed by atoms with Crippen LogP contribution in [0.4, 0.5) is 5.69 Å². The van der Waals surface area contributed by atoms with Crippen molar-refractivity contribution in [2.75, 3.05) is 18.0 Å². The van der Waals surface area contributed by atoms with Crippen molar-refractivity contribution in [3.8, 4) is 11.5 Å². The Bertz CT molecular complexity index is 1070. The van der Waals surface area contributed by atoms with Crippen LogP contribution >= 0.6 is 0 Å². The summed E-state index contributed by atoms with van der Waals surface area (Å²) >= 11 is 0. The third kappa shape index (κ3) is 5.05. The molecule has 0 saturated carbocycles. The number of carbonyl (C=O) groups excluding carboxylic acids is 4. The highest BCUT2D eigenvalue weighted by molar-refractivity contribution is 5.97. The van der Waals surface area contributed by atoms with Crippen LogP contribution in [0.2, 0.25) is 0 Å². The zero-order valence-corrected chi connectivity index (χ0v) is 18.7. The third-order valence-corrected chi connectivity index (χ3v) is 5.90. The van der Waals surface area contributed by atoms with Crippen molar-refractivity contribution in [3.63, 3.8) is 0 Å². The molecule has 1 fully saturated rings. The Balaban J connectivity index is 1.49. The normalized spacial score (nSPS) is 16.2. The van der Waals surface area contributed by atoms with Crippen LogP contribution in [-0.4, -0.2) is 47.8 Å². The molecular weight excluding hydrogens is 424 g/mol. The zero-order valence-electron chi connectivity index (χ0n) is 18.7. The van der Waals surface area contributed by atoms with Gasteiger partial charge in [0.1, 0.15) is 11.5 Å². The van der Waals surface area contributed by atoms with Crippen LogP contribution in [0.1, 0.15) is 49.0 Å². The predicted molar refractivity (Wildman–Crippen MR) is 120 cm³/mol. The number of likely N-dealkylation sites (tertiary alicyclic amines) is 1. The van der Waals surface area contributed by atoms with Crippen LogP contribution in [0.3, 0.4) is 0 Å². The smallest absolute Gasteiger partial charge is 0.308 e. The first-order valence-electron chi connectivity index (χ1n) is 11.0. The molecule has 8 nitrogen and oxygen atoms in total. The quantitative estimate of drug-likeness (QED) is 0.525. The highest BCUT2D eigenvalue weighted by Crippen LogP contribution is 2.33. The van der Waals surface area contributed by atoms with Crippen LogP contribution in [0.5, 0.6) is 11.5 Å². The van der Waals surface area contributed by atoms with Gasteiger partial charge in [-0.2, -0.15) is 0 Å². The molecule has 4 rings (SSSR count). The minimum Gasteiger partial charge on any atom is -0.427 e. The van der Waals surface area contributed by atoms with E-state index in [1.54, 1.807) is 4.90 Å². The van der Waals surface area contributed by atoms with E-state index in [-0.39, 0.29) is 34.9 Å². The van der Waals surface area contributed by atoms with E-state index in [1.165, 1.54) is 37.6 Å². The molecule has 0 bridgehead atoms. The van der Waals surface area contributed by atoms with E-state index in [2.05, 4.69) is 6.07 Å². The molecule has 2 aliphatic heterocycles. The maximum Gasteiger partial charge on any atom is 0.308 e. The highest BCUT2D eigenvalue weighted by Gasteiger charge is 2.34. The molecule has 0 aromatic heterocycles. The fourth-order valence-corrected chi connectivity index (χ4v) is 4.51. The Morgan fingerprint density at radius 1 is 0.879 bits per heavy atom. The molecule has 0 N–H and O–H groups in total. The summed E-state index contributed by atoms with van der Waals surface area (Å²) in [5, 5.41) is 0. The van der Waals surface area contributed by atoms with Gasteiger partial charge in [-0.05, 0) is 43.0 Å². The molecule has 0 spiro atoms. The number of anilines is 1. The van der Waals surface area contributed by atoms with Crippen molar-refractivity contribution in [3.05, 3.63) is 53.6 Å². The van der Waals surface area contributed by atoms with E-state index in [0.717, 1.165) is 12.1 Å². The minimum atomic E-state index is -0.541. The number of hydrogen-bond donors (Lipinski definition) is 0. The predicted octanol–water partition coefficient (Wildman–Crippen LogP) is 3.12. The van der Waals surface area contributed by atoms with Crippen molar-refractivity contribution in [2.45, 2.75) is 45.6 Å². The van der Waals surface area contributed by atoms with E-state index in [9.17, 15) is 19.2 Å². The average Bonchev–Trinajstić information content (AvgIpc) is 2.77. The van der Waals surface area contributed by atoms with E-state index in [4.69, 9.17) is 9.47 Å². The second-order valence-electron chi connectivity index (χ2n) is 8.30. The number of rotatable bonds is 4. The number of ether oxygens (including phenoxy) is 2. The largest absolute Gasteiger partial charge is 0.427 e. The summed E-state index contributed by atoms with van der Waals surface area (Å²) in [5.74, 6) is -0.939. The van der Waals surface area contributed by atoms with Crippen molar-refractivity contribution in [1.29, 1.82) is 0 Å². The fourth-order valence-electron chi connectivity index (χ4n) is 4.51. The van der Waals surface area contributed by atoms with Crippen molar-refractivity contribution >= 4 is 29.4 Å². The van der Waals surface area contributed by atoms with Gasteiger partial charge in [0.15, 0.2) is 0 Å². The number of nitrogens with zero attached hydrogens (tertiary/aromatic N) is 2. The second kappa shape index (κ2) is 9.44. The van der Waals surface area contributed by atoms with Gasteiger partial charge in [0, 0.05) is 56.7 Å². The number of fused-ring (bicyclic) bond motifs is 1. The molecule has 2 amide bonds. The summed E-state index contributed by atoms with van der Waals surface area (Å²) in [6, 6.07) is 12.3. The summed E-state index contributed by atoms with van der Waals surface area (Å²) in [4.78, 5) is 52.3. The van der Waals surface area contributed by atoms with Crippen LogP contribution in [0.15, 0.2) is 42.5 Å². The second-order valence-corrected chi connectivity index (χ2v) is 8.30. The minimum absolute atomic E-state index is 0.0342. The first kappa shape index (κ1) is 22.5. The van der Waals surface area contributed by atoms with Crippen molar-refractivity contribution in [2.24, 2.45) is 0 Å². The number of esters is 2. The molecule has 2 heterocycles. The molecule has 0 radical (unpaired) electrons. The summed E-state index contributed by atoms with van der Waals surface area (Å²) in [5.41, 5.74) is 2.41. The lowest BCUT2D eigenvalue weighted by Gasteiger charge is -2.41. The lowest BCUT2D eigenvalue weighted by Crippen LogP contribution is -2.50. The molecule has 0 aliphatic carbocycles. The lowest BCUT2D eigenvalue weighted by atomic mass is 9.95. The molecule has 0 atom stereocenters. The van der Waals surface area contributed by atoms with Gasteiger partial charge in [-0.25, -0.2) is 0 Å². The first-order valence-corrected chi connectivity index (χ1v) is 11.0. The van der Waals surface area contributed by atoms with Gasteiger partial charge in [0.25, 0.3) is 5.91 Å². The maximum absolute atomic E-state index is 13.2. The first-order chi connectivity index (χ1) is 15.8. The molecule has 2 aliphatic rings. The zero-order chi connectivity index (χ0) is 23.5. The van der Waals surface area contributed by atoms with Crippen molar-refractivity contribution in [1.82, 2.24) is 4.90 Å². The molecule has 172 valence electrons. The molecule has 33 heavy (non-hydrogen) atoms. The van der Waals surface area contributed by atoms with E-state index < -0.39 is 11.9 Å². The van der Waals surface area contributed by atoms with Gasteiger partial charge in [0.05, 0.1) is 0 Å². The molecule has 8 heteroatoms. The van der Waals surface area contributed by atoms with Crippen LogP contribution in [0.25, 0.3) is 0 Å². The van der Waals surface area contributed by atoms with Crippen LogP contribution in [-0.2, 0) is 20.8 Å². The number of hydrogen-bond acceptors (Lipinski definition) is 6. The summed E-state index contributed by atoms with van der Waals surface area (Å²) < 4.78 is 10.2. The van der Waals surface area contributed by atoms with E-state index >= 15 is 0 Å². The average molecular weight is 450 g/mol. The van der Waals surface area contributed by atoms with Crippen LogP contribution < -0.4 is 14.4 Å². The van der Waals surface area contributed by atoms with Crippen LogP contribution in [0, 0.1) is 0 Å². The fraction of sp³-hybridized carbons (Fsp3) is 0.360. The monoisotopic (exact) mass is 450 g/mol. The number of carbonyl (C=O) groups is 4. The standard InChI is InChI=1S/C25H26N2O6/c1-16(28)32-21-13-19(14-22(15-21)33-17(2)29)25(31)26-11-9-20(10-12-26)27-23-6-4-3-5-18(23)7-8-24(27)30/h3-6,13-15,20H,7-12H2,1-2H3. The topological polar surface area (TPSA) is 93.2 Å². The van der Waals surface area contributed by atoms with E-state index in [1.807, 2.05) is 23.1 Å². The maximum atomic E-state index is 13.2. The molecular formula is C25H26N2O6. The Labute approximate surface area is 192 Å². The van der Waals surface area contributed by atoms with Gasteiger partial charge in [0.2, 0.25) is 5.91 Å². The molecule has 0 unspecified atom stereocenters.